The molecule has 96 valence electrons. The van der Waals surface area contributed by atoms with Crippen LogP contribution in [0.2, 0.25) is 0 Å². The van der Waals surface area contributed by atoms with Crippen LogP contribution < -0.4 is 16.4 Å². The molecule has 0 spiro atoms. The van der Waals surface area contributed by atoms with Crippen molar-refractivity contribution in [1.29, 1.82) is 0 Å². The van der Waals surface area contributed by atoms with E-state index in [1.54, 1.807) is 7.05 Å². The molecular weight excluding hydrogens is 250 g/mol. The third-order valence-corrected chi connectivity index (χ3v) is 3.82. The number of hydrogen-bond donors (Lipinski definition) is 3. The Bertz CT molecular complexity index is 490. The summed E-state index contributed by atoms with van der Waals surface area (Å²) >= 11 is 1.50. The van der Waals surface area contributed by atoms with Crippen molar-refractivity contribution in [3.05, 3.63) is 23.8 Å². The lowest BCUT2D eigenvalue weighted by Crippen LogP contribution is -2.24. The van der Waals surface area contributed by atoms with Crippen LogP contribution in [-0.4, -0.2) is 24.6 Å². The molecule has 6 heteroatoms. The first kappa shape index (κ1) is 12.9. The Morgan fingerprint density at radius 2 is 2.39 bits per heavy atom. The topological polar surface area (TPSA) is 84.2 Å². The molecule has 0 aromatic heterocycles. The summed E-state index contributed by atoms with van der Waals surface area (Å²) in [5.74, 6) is 0.333. The SMILES string of the molecule is CNC(=O)CC(N)c1ccc2c(c1)NC(=O)CS2. The van der Waals surface area contributed by atoms with Crippen LogP contribution in [0.5, 0.6) is 0 Å². The number of carbonyl (C=O) groups excluding carboxylic acids is 2. The molecule has 1 aliphatic heterocycles. The maximum atomic E-state index is 11.3. The third-order valence-electron chi connectivity index (χ3n) is 2.75. The Morgan fingerprint density at radius 3 is 3.11 bits per heavy atom. The Hall–Kier alpha value is -1.53. The smallest absolute Gasteiger partial charge is 0.234 e. The van der Waals surface area contributed by atoms with Crippen LogP contribution >= 0.6 is 11.8 Å². The van der Waals surface area contributed by atoms with Crippen LogP contribution in [0.1, 0.15) is 18.0 Å². The van der Waals surface area contributed by atoms with E-state index < -0.39 is 0 Å². The van der Waals surface area contributed by atoms with E-state index >= 15 is 0 Å². The Balaban J connectivity index is 2.17. The lowest BCUT2D eigenvalue weighted by atomic mass is 10.0. The lowest BCUT2D eigenvalue weighted by molar-refractivity contribution is -0.121. The molecule has 0 radical (unpaired) electrons. The Labute approximate surface area is 110 Å². The fourth-order valence-electron chi connectivity index (χ4n) is 1.75. The van der Waals surface area contributed by atoms with Crippen LogP contribution in [0.3, 0.4) is 0 Å². The number of nitrogens with two attached hydrogens (primary N) is 1. The van der Waals surface area contributed by atoms with Crippen molar-refractivity contribution < 1.29 is 9.59 Å². The number of thioether (sulfide) groups is 1. The summed E-state index contributed by atoms with van der Waals surface area (Å²) in [5.41, 5.74) is 7.59. The van der Waals surface area contributed by atoms with Gasteiger partial charge in [0.05, 0.1) is 11.4 Å². The van der Waals surface area contributed by atoms with Gasteiger partial charge in [0.2, 0.25) is 11.8 Å². The highest BCUT2D eigenvalue weighted by atomic mass is 32.2. The van der Waals surface area contributed by atoms with Gasteiger partial charge in [0, 0.05) is 24.4 Å². The van der Waals surface area contributed by atoms with Crippen LogP contribution in [0.25, 0.3) is 0 Å². The average molecular weight is 265 g/mol. The zero-order valence-corrected chi connectivity index (χ0v) is 10.8. The van der Waals surface area contributed by atoms with Gasteiger partial charge in [-0.3, -0.25) is 9.59 Å². The summed E-state index contributed by atoms with van der Waals surface area (Å²) in [7, 11) is 1.58. The number of nitrogens with one attached hydrogen (secondary N) is 2. The molecule has 1 atom stereocenters. The number of rotatable bonds is 3. The van der Waals surface area contributed by atoms with Crippen LogP contribution in [-0.2, 0) is 9.59 Å². The van der Waals surface area contributed by atoms with E-state index in [1.165, 1.54) is 11.8 Å². The number of anilines is 1. The number of amides is 2. The zero-order valence-electron chi connectivity index (χ0n) is 10.0. The van der Waals surface area contributed by atoms with Crippen molar-refractivity contribution in [2.24, 2.45) is 5.73 Å². The molecule has 1 aliphatic rings. The van der Waals surface area contributed by atoms with Crippen molar-refractivity contribution in [2.45, 2.75) is 17.4 Å². The van der Waals surface area contributed by atoms with E-state index in [0.717, 1.165) is 16.1 Å². The number of fused-ring (bicyclic) bond motifs is 1. The normalized spacial score (nSPS) is 15.6. The fourth-order valence-corrected chi connectivity index (χ4v) is 2.54. The van der Waals surface area contributed by atoms with Gasteiger partial charge in [-0.2, -0.15) is 0 Å². The molecule has 4 N–H and O–H groups in total. The molecule has 2 rings (SSSR count). The minimum atomic E-state index is -0.362. The maximum absolute atomic E-state index is 11.3. The third kappa shape index (κ3) is 2.83. The standard InChI is InChI=1S/C12H15N3O2S/c1-14-11(16)5-8(13)7-2-3-10-9(4-7)15-12(17)6-18-10/h2-4,8H,5-6,13H2,1H3,(H,14,16)(H,15,17). The van der Waals surface area contributed by atoms with Gasteiger partial charge in [0.15, 0.2) is 0 Å². The summed E-state index contributed by atoms with van der Waals surface area (Å²) in [6, 6.07) is 5.31. The molecule has 1 unspecified atom stereocenters. The van der Waals surface area contributed by atoms with Crippen molar-refractivity contribution in [2.75, 3.05) is 18.1 Å². The van der Waals surface area contributed by atoms with Crippen LogP contribution in [0.4, 0.5) is 5.69 Å². The van der Waals surface area contributed by atoms with Crippen molar-refractivity contribution in [3.63, 3.8) is 0 Å². The average Bonchev–Trinajstić information content (AvgIpc) is 2.37. The minimum absolute atomic E-state index is 0.00970. The molecule has 1 aromatic rings. The van der Waals surface area contributed by atoms with Crippen molar-refractivity contribution in [3.8, 4) is 0 Å². The van der Waals surface area contributed by atoms with Gasteiger partial charge in [-0.25, -0.2) is 0 Å². The van der Waals surface area contributed by atoms with Crippen LogP contribution in [0.15, 0.2) is 23.1 Å². The summed E-state index contributed by atoms with van der Waals surface area (Å²) in [5, 5.41) is 5.35. The highest BCUT2D eigenvalue weighted by Crippen LogP contribution is 2.33. The van der Waals surface area contributed by atoms with Crippen molar-refractivity contribution >= 4 is 29.3 Å². The minimum Gasteiger partial charge on any atom is -0.359 e. The molecule has 5 nitrogen and oxygen atoms in total. The molecule has 0 aliphatic carbocycles. The van der Waals surface area contributed by atoms with Gasteiger partial charge in [-0.05, 0) is 17.7 Å². The second-order valence-electron chi connectivity index (χ2n) is 4.08. The largest absolute Gasteiger partial charge is 0.359 e. The van der Waals surface area contributed by atoms with Crippen molar-refractivity contribution in [1.82, 2.24) is 5.32 Å². The molecule has 2 amide bonds. The van der Waals surface area contributed by atoms with E-state index in [2.05, 4.69) is 10.6 Å². The molecule has 0 bridgehead atoms. The Morgan fingerprint density at radius 1 is 1.61 bits per heavy atom. The quantitative estimate of drug-likeness (QED) is 0.757. The van der Waals surface area contributed by atoms with E-state index in [0.29, 0.717) is 5.75 Å². The zero-order chi connectivity index (χ0) is 13.1. The monoisotopic (exact) mass is 265 g/mol. The summed E-state index contributed by atoms with van der Waals surface area (Å²) in [6.45, 7) is 0. The molecule has 0 fully saturated rings. The van der Waals surface area contributed by atoms with Gasteiger partial charge in [-0.1, -0.05) is 6.07 Å². The second kappa shape index (κ2) is 5.41. The van der Waals surface area contributed by atoms with E-state index in [4.69, 9.17) is 5.73 Å². The summed E-state index contributed by atoms with van der Waals surface area (Å²) in [4.78, 5) is 23.6. The molecule has 0 saturated carbocycles. The Kier molecular flexibility index (Phi) is 3.88. The predicted octanol–water partition coefficient (Wildman–Crippen LogP) is 0.867. The first-order valence-corrected chi connectivity index (χ1v) is 6.61. The van der Waals surface area contributed by atoms with Gasteiger partial charge in [0.1, 0.15) is 0 Å². The number of hydrogen-bond acceptors (Lipinski definition) is 4. The first-order chi connectivity index (χ1) is 8.60. The van der Waals surface area contributed by atoms with Crippen LogP contribution in [0, 0.1) is 0 Å². The molecule has 1 aromatic carbocycles. The van der Waals surface area contributed by atoms with Gasteiger partial charge in [0.25, 0.3) is 0 Å². The molecule has 0 saturated heterocycles. The van der Waals surface area contributed by atoms with Gasteiger partial charge >= 0.3 is 0 Å². The number of benzene rings is 1. The molecule has 18 heavy (non-hydrogen) atoms. The van der Waals surface area contributed by atoms with E-state index in [1.807, 2.05) is 18.2 Å². The van der Waals surface area contributed by atoms with Gasteiger partial charge < -0.3 is 16.4 Å². The summed E-state index contributed by atoms with van der Waals surface area (Å²) in [6.07, 6.45) is 0.233. The lowest BCUT2D eigenvalue weighted by Gasteiger charge is -2.19. The fraction of sp³-hybridized carbons (Fsp3) is 0.333. The number of carbonyl (C=O) groups is 2. The highest BCUT2D eigenvalue weighted by Gasteiger charge is 2.18. The molecule has 1 heterocycles. The maximum Gasteiger partial charge on any atom is 0.234 e. The summed E-state index contributed by atoms with van der Waals surface area (Å²) < 4.78 is 0. The van der Waals surface area contributed by atoms with E-state index in [9.17, 15) is 9.59 Å². The highest BCUT2D eigenvalue weighted by molar-refractivity contribution is 8.00. The molecular formula is C12H15N3O2S. The first-order valence-electron chi connectivity index (χ1n) is 5.63. The second-order valence-corrected chi connectivity index (χ2v) is 5.09. The predicted molar refractivity (Wildman–Crippen MR) is 71.4 cm³/mol. The van der Waals surface area contributed by atoms with E-state index in [-0.39, 0.29) is 24.3 Å². The van der Waals surface area contributed by atoms with Gasteiger partial charge in [-0.15, -0.1) is 11.8 Å².